The number of aliphatic hydroxyl groups is 2. The fourth-order valence-corrected chi connectivity index (χ4v) is 0.585. The number of nitrogens with one attached hydrogen (secondary N) is 1. The van der Waals surface area contributed by atoms with Gasteiger partial charge < -0.3 is 15.5 Å². The molecule has 0 rings (SSSR count). The van der Waals surface area contributed by atoms with Crippen molar-refractivity contribution in [1.29, 1.82) is 0 Å². The van der Waals surface area contributed by atoms with Crippen LogP contribution in [0.3, 0.4) is 0 Å². The smallest absolute Gasteiger partial charge is 0.0493 e. The van der Waals surface area contributed by atoms with Crippen LogP contribution in [0.25, 0.3) is 0 Å². The zero-order valence-electron chi connectivity index (χ0n) is 5.25. The normalized spacial score (nSPS) is 10.7. The molecule has 3 nitrogen and oxygen atoms in total. The fraction of sp³-hybridized carbons (Fsp3) is 1.00. The van der Waals surface area contributed by atoms with Gasteiger partial charge in [0.25, 0.3) is 0 Å². The lowest BCUT2D eigenvalue weighted by Crippen LogP contribution is -2.26. The second-order valence-electron chi connectivity index (χ2n) is 1.84. The first-order valence-corrected chi connectivity index (χ1v) is 3.51. The van der Waals surface area contributed by atoms with Crippen molar-refractivity contribution >= 4 is 12.6 Å². The third kappa shape index (κ3) is 4.72. The molecule has 0 saturated carbocycles. The molecule has 0 fully saturated rings. The van der Waals surface area contributed by atoms with Crippen molar-refractivity contribution in [3.05, 3.63) is 0 Å². The third-order valence-electron chi connectivity index (χ3n) is 1.06. The lowest BCUT2D eigenvalue weighted by Gasteiger charge is -2.09. The summed E-state index contributed by atoms with van der Waals surface area (Å²) < 4.78 is 0. The maximum absolute atomic E-state index is 8.53. The largest absolute Gasteiger partial charge is 0.396 e. The van der Waals surface area contributed by atoms with Crippen molar-refractivity contribution in [3.63, 3.8) is 0 Å². The van der Waals surface area contributed by atoms with Crippen LogP contribution in [0.15, 0.2) is 0 Å². The van der Waals surface area contributed by atoms with E-state index < -0.39 is 0 Å². The van der Waals surface area contributed by atoms with Crippen LogP contribution >= 0.6 is 12.6 Å². The van der Waals surface area contributed by atoms with Gasteiger partial charge in [0.2, 0.25) is 0 Å². The van der Waals surface area contributed by atoms with Gasteiger partial charge in [0, 0.05) is 31.6 Å². The van der Waals surface area contributed by atoms with Gasteiger partial charge in [-0.15, -0.1) is 0 Å². The van der Waals surface area contributed by atoms with Crippen LogP contribution in [0.2, 0.25) is 0 Å². The second-order valence-corrected chi connectivity index (χ2v) is 2.16. The van der Waals surface area contributed by atoms with Crippen LogP contribution in [0, 0.1) is 5.92 Å². The monoisotopic (exact) mass is 151 g/mol. The summed E-state index contributed by atoms with van der Waals surface area (Å²) in [4.78, 5) is 0. The summed E-state index contributed by atoms with van der Waals surface area (Å²) >= 11 is 3.90. The summed E-state index contributed by atoms with van der Waals surface area (Å²) in [5.41, 5.74) is 0. The molecule has 0 aromatic carbocycles. The van der Waals surface area contributed by atoms with Crippen molar-refractivity contribution in [3.8, 4) is 0 Å². The molecule has 0 saturated heterocycles. The van der Waals surface area contributed by atoms with Crippen molar-refractivity contribution in [2.75, 3.05) is 25.6 Å². The van der Waals surface area contributed by atoms with Crippen LogP contribution in [-0.4, -0.2) is 35.8 Å². The highest BCUT2D eigenvalue weighted by molar-refractivity contribution is 7.80. The van der Waals surface area contributed by atoms with Crippen LogP contribution < -0.4 is 5.32 Å². The van der Waals surface area contributed by atoms with Gasteiger partial charge in [-0.05, 0) is 0 Å². The average Bonchev–Trinajstić information content (AvgIpc) is 1.91. The van der Waals surface area contributed by atoms with Gasteiger partial charge in [-0.3, -0.25) is 0 Å². The van der Waals surface area contributed by atoms with Gasteiger partial charge in [0.15, 0.2) is 0 Å². The quantitative estimate of drug-likeness (QED) is 0.303. The van der Waals surface area contributed by atoms with Gasteiger partial charge in [-0.1, -0.05) is 0 Å². The lowest BCUT2D eigenvalue weighted by atomic mass is 10.2. The van der Waals surface area contributed by atoms with E-state index in [1.165, 1.54) is 0 Å². The van der Waals surface area contributed by atoms with E-state index in [-0.39, 0.29) is 19.1 Å². The number of hydrogen-bond donors (Lipinski definition) is 4. The van der Waals surface area contributed by atoms with Gasteiger partial charge >= 0.3 is 0 Å². The van der Waals surface area contributed by atoms with Crippen molar-refractivity contribution in [1.82, 2.24) is 5.32 Å². The zero-order valence-corrected chi connectivity index (χ0v) is 6.14. The van der Waals surface area contributed by atoms with E-state index in [1.807, 2.05) is 0 Å². The van der Waals surface area contributed by atoms with Crippen molar-refractivity contribution in [2.24, 2.45) is 5.92 Å². The molecule has 0 aliphatic rings. The molecular formula is C5H13NO2S. The standard InChI is InChI=1S/C5H13NO2S/c7-2-5(3-8)1-6-4-9/h5-9H,1-4H2. The second kappa shape index (κ2) is 6.35. The molecule has 0 unspecified atom stereocenters. The minimum Gasteiger partial charge on any atom is -0.396 e. The molecular weight excluding hydrogens is 138 g/mol. The molecule has 0 atom stereocenters. The lowest BCUT2D eigenvalue weighted by molar-refractivity contribution is 0.150. The Morgan fingerprint density at radius 1 is 1.33 bits per heavy atom. The Bertz CT molecular complexity index is 58.9. The van der Waals surface area contributed by atoms with Crippen LogP contribution in [-0.2, 0) is 0 Å². The maximum Gasteiger partial charge on any atom is 0.0493 e. The van der Waals surface area contributed by atoms with E-state index in [1.54, 1.807) is 0 Å². The van der Waals surface area contributed by atoms with Gasteiger partial charge in [-0.2, -0.15) is 12.6 Å². The SMILES string of the molecule is OCC(CO)CNCS. The van der Waals surface area contributed by atoms with Crippen LogP contribution in [0.1, 0.15) is 0 Å². The molecule has 9 heavy (non-hydrogen) atoms. The molecule has 0 aliphatic carbocycles. The van der Waals surface area contributed by atoms with E-state index in [2.05, 4.69) is 17.9 Å². The predicted octanol–water partition coefficient (Wildman–Crippen LogP) is -0.936. The molecule has 0 aromatic rings. The molecule has 0 aromatic heterocycles. The van der Waals surface area contributed by atoms with E-state index in [0.29, 0.717) is 12.4 Å². The van der Waals surface area contributed by atoms with Crippen molar-refractivity contribution in [2.45, 2.75) is 0 Å². The van der Waals surface area contributed by atoms with E-state index in [9.17, 15) is 0 Å². The fourth-order valence-electron chi connectivity index (χ4n) is 0.456. The number of hydrogen-bond acceptors (Lipinski definition) is 4. The van der Waals surface area contributed by atoms with Crippen LogP contribution in [0.5, 0.6) is 0 Å². The molecule has 0 amide bonds. The first kappa shape index (κ1) is 9.23. The Balaban J connectivity index is 3.09. The summed E-state index contributed by atoms with van der Waals surface area (Å²) in [6, 6.07) is 0. The van der Waals surface area contributed by atoms with E-state index in [4.69, 9.17) is 10.2 Å². The van der Waals surface area contributed by atoms with E-state index in [0.717, 1.165) is 0 Å². The molecule has 0 radical (unpaired) electrons. The minimum absolute atomic E-state index is 0.0251. The maximum atomic E-state index is 8.53. The minimum atomic E-state index is -0.0443. The first-order chi connectivity index (χ1) is 4.35. The van der Waals surface area contributed by atoms with E-state index >= 15 is 0 Å². The number of aliphatic hydroxyl groups excluding tert-OH is 2. The molecule has 0 aliphatic heterocycles. The summed E-state index contributed by atoms with van der Waals surface area (Å²) in [5, 5.41) is 19.9. The first-order valence-electron chi connectivity index (χ1n) is 2.88. The van der Waals surface area contributed by atoms with Gasteiger partial charge in [-0.25, -0.2) is 0 Å². The molecule has 56 valence electrons. The Labute approximate surface area is 60.5 Å². The van der Waals surface area contributed by atoms with Crippen LogP contribution in [0.4, 0.5) is 0 Å². The molecule has 0 heterocycles. The Kier molecular flexibility index (Phi) is 6.51. The number of rotatable bonds is 5. The molecule has 0 bridgehead atoms. The summed E-state index contributed by atoms with van der Waals surface area (Å²) in [7, 11) is 0. The number of thiol groups is 1. The highest BCUT2D eigenvalue weighted by Gasteiger charge is 2.02. The highest BCUT2D eigenvalue weighted by Crippen LogP contribution is 1.89. The topological polar surface area (TPSA) is 52.5 Å². The Morgan fingerprint density at radius 3 is 2.22 bits per heavy atom. The summed E-state index contributed by atoms with van der Waals surface area (Å²) in [6.45, 7) is 0.672. The predicted molar refractivity (Wildman–Crippen MR) is 39.5 cm³/mol. The average molecular weight is 151 g/mol. The Hall–Kier alpha value is 0.230. The molecule has 4 heteroatoms. The van der Waals surface area contributed by atoms with Gasteiger partial charge in [0.1, 0.15) is 0 Å². The molecule has 3 N–H and O–H groups in total. The Morgan fingerprint density at radius 2 is 1.89 bits per heavy atom. The highest BCUT2D eigenvalue weighted by atomic mass is 32.1. The molecule has 0 spiro atoms. The third-order valence-corrected chi connectivity index (χ3v) is 1.28. The van der Waals surface area contributed by atoms with Crippen molar-refractivity contribution < 1.29 is 10.2 Å². The summed E-state index contributed by atoms with van der Waals surface area (Å²) in [6.07, 6.45) is 0. The zero-order chi connectivity index (χ0) is 7.11. The summed E-state index contributed by atoms with van der Waals surface area (Å²) in [5.74, 6) is 0.536. The van der Waals surface area contributed by atoms with Gasteiger partial charge in [0.05, 0.1) is 0 Å².